The normalized spacial score (nSPS) is 18.7. The third-order valence-electron chi connectivity index (χ3n) is 3.17. The van der Waals surface area contributed by atoms with Crippen LogP contribution in [0.3, 0.4) is 0 Å². The molecule has 0 aliphatic carbocycles. The van der Waals surface area contributed by atoms with E-state index >= 15 is 0 Å². The first-order valence-corrected chi connectivity index (χ1v) is 6.00. The van der Waals surface area contributed by atoms with Crippen molar-refractivity contribution in [3.05, 3.63) is 29.6 Å². The van der Waals surface area contributed by atoms with Crippen LogP contribution in [0.2, 0.25) is 0 Å². The largest absolute Gasteiger partial charge is 0.481 e. The predicted molar refractivity (Wildman–Crippen MR) is 65.2 cm³/mol. The molecule has 2 rings (SSSR count). The van der Waals surface area contributed by atoms with Crippen molar-refractivity contribution in [3.8, 4) is 6.07 Å². The number of aromatic nitrogens is 1. The summed E-state index contributed by atoms with van der Waals surface area (Å²) in [5, 5.41) is 17.6. The monoisotopic (exact) mass is 259 g/mol. The first-order chi connectivity index (χ1) is 9.11. The summed E-state index contributed by atoms with van der Waals surface area (Å²) in [6.07, 6.45) is 2.62. The van der Waals surface area contributed by atoms with Crippen LogP contribution < -0.4 is 0 Å². The Kier molecular flexibility index (Phi) is 3.76. The number of carbonyl (C=O) groups is 2. The Hall–Kier alpha value is -2.42. The van der Waals surface area contributed by atoms with Gasteiger partial charge in [-0.1, -0.05) is 0 Å². The van der Waals surface area contributed by atoms with E-state index in [2.05, 4.69) is 4.98 Å². The molecule has 98 valence electrons. The van der Waals surface area contributed by atoms with E-state index in [1.807, 2.05) is 6.07 Å². The van der Waals surface area contributed by atoms with E-state index in [0.717, 1.165) is 0 Å². The molecule has 0 aromatic carbocycles. The number of carboxylic acids is 1. The van der Waals surface area contributed by atoms with Crippen molar-refractivity contribution in [2.45, 2.75) is 12.8 Å². The maximum atomic E-state index is 12.2. The summed E-state index contributed by atoms with van der Waals surface area (Å²) in [5.41, 5.74) is 0.628. The lowest BCUT2D eigenvalue weighted by molar-refractivity contribution is -0.143. The van der Waals surface area contributed by atoms with Crippen LogP contribution in [0.5, 0.6) is 0 Å². The van der Waals surface area contributed by atoms with E-state index in [4.69, 9.17) is 10.4 Å². The molecule has 0 unspecified atom stereocenters. The summed E-state index contributed by atoms with van der Waals surface area (Å²) in [7, 11) is 0. The number of pyridine rings is 1. The van der Waals surface area contributed by atoms with Crippen LogP contribution in [0, 0.1) is 17.2 Å². The van der Waals surface area contributed by atoms with Gasteiger partial charge in [-0.2, -0.15) is 5.26 Å². The Bertz CT molecular complexity index is 533. The van der Waals surface area contributed by atoms with Crippen molar-refractivity contribution in [1.82, 2.24) is 9.88 Å². The number of hydrogen-bond acceptors (Lipinski definition) is 4. The first-order valence-electron chi connectivity index (χ1n) is 6.00. The van der Waals surface area contributed by atoms with E-state index in [1.165, 1.54) is 23.2 Å². The second-order valence-electron chi connectivity index (χ2n) is 4.47. The molecule has 1 N–H and O–H groups in total. The highest BCUT2D eigenvalue weighted by molar-refractivity contribution is 5.92. The molecule has 1 atom stereocenters. The summed E-state index contributed by atoms with van der Waals surface area (Å²) in [6.45, 7) is 0.764. The Morgan fingerprint density at radius 3 is 2.84 bits per heavy atom. The van der Waals surface area contributed by atoms with E-state index in [9.17, 15) is 9.59 Å². The number of nitriles is 1. The van der Waals surface area contributed by atoms with Crippen LogP contribution >= 0.6 is 0 Å². The molecule has 2 heterocycles. The van der Waals surface area contributed by atoms with Gasteiger partial charge in [-0.05, 0) is 25.0 Å². The lowest BCUT2D eigenvalue weighted by atomic mass is 9.98. The molecule has 1 aliphatic heterocycles. The average molecular weight is 259 g/mol. The van der Waals surface area contributed by atoms with Gasteiger partial charge in [0.05, 0.1) is 11.5 Å². The van der Waals surface area contributed by atoms with Gasteiger partial charge in [0.2, 0.25) is 0 Å². The third kappa shape index (κ3) is 2.88. The van der Waals surface area contributed by atoms with Crippen molar-refractivity contribution < 1.29 is 14.7 Å². The Morgan fingerprint density at radius 1 is 1.47 bits per heavy atom. The number of likely N-dealkylation sites (tertiary alicyclic amines) is 1. The molecule has 1 aliphatic rings. The quantitative estimate of drug-likeness (QED) is 0.851. The predicted octanol–water partition coefficient (Wildman–Crippen LogP) is 0.890. The summed E-state index contributed by atoms with van der Waals surface area (Å²) in [6, 6.07) is 4.95. The fourth-order valence-corrected chi connectivity index (χ4v) is 2.11. The lowest BCUT2D eigenvalue weighted by Gasteiger charge is -2.30. The summed E-state index contributed by atoms with van der Waals surface area (Å²) in [4.78, 5) is 28.6. The van der Waals surface area contributed by atoms with Crippen LogP contribution in [-0.2, 0) is 4.79 Å². The molecule has 1 saturated heterocycles. The standard InChI is InChI=1S/C13H13N3O3/c14-6-9-3-4-11(15-7-9)12(17)16-5-1-2-10(8-16)13(18)19/h3-4,7,10H,1-2,5,8H2,(H,18,19)/t10-/m1/s1. The van der Waals surface area contributed by atoms with E-state index in [0.29, 0.717) is 24.9 Å². The summed E-state index contributed by atoms with van der Waals surface area (Å²) < 4.78 is 0. The van der Waals surface area contributed by atoms with Gasteiger partial charge in [0.25, 0.3) is 5.91 Å². The van der Waals surface area contributed by atoms with Crippen molar-refractivity contribution in [1.29, 1.82) is 5.26 Å². The van der Waals surface area contributed by atoms with E-state index in [-0.39, 0.29) is 18.1 Å². The summed E-state index contributed by atoms with van der Waals surface area (Å²) in [5.74, 6) is -1.66. The fraction of sp³-hybridized carbons (Fsp3) is 0.385. The molecule has 19 heavy (non-hydrogen) atoms. The van der Waals surface area contributed by atoms with Crippen LogP contribution in [0.15, 0.2) is 18.3 Å². The number of nitrogens with zero attached hydrogens (tertiary/aromatic N) is 3. The minimum atomic E-state index is -0.870. The number of amides is 1. The van der Waals surface area contributed by atoms with E-state index in [1.54, 1.807) is 0 Å². The van der Waals surface area contributed by atoms with Crippen LogP contribution in [0.1, 0.15) is 28.9 Å². The number of aliphatic carboxylic acids is 1. The third-order valence-corrected chi connectivity index (χ3v) is 3.17. The van der Waals surface area contributed by atoms with Crippen molar-refractivity contribution >= 4 is 11.9 Å². The smallest absolute Gasteiger partial charge is 0.308 e. The first kappa shape index (κ1) is 13.0. The number of carbonyl (C=O) groups excluding carboxylic acids is 1. The maximum absolute atomic E-state index is 12.2. The van der Waals surface area contributed by atoms with Gasteiger partial charge in [-0.25, -0.2) is 4.98 Å². The molecule has 0 saturated carbocycles. The minimum absolute atomic E-state index is 0.218. The average Bonchev–Trinajstić information content (AvgIpc) is 2.46. The van der Waals surface area contributed by atoms with Crippen LogP contribution in [-0.4, -0.2) is 40.0 Å². The SMILES string of the molecule is N#Cc1ccc(C(=O)N2CCC[C@@H](C(=O)O)C2)nc1. The second kappa shape index (κ2) is 5.48. The zero-order chi connectivity index (χ0) is 13.8. The van der Waals surface area contributed by atoms with Crippen molar-refractivity contribution in [3.63, 3.8) is 0 Å². The van der Waals surface area contributed by atoms with Gasteiger partial charge >= 0.3 is 5.97 Å². The molecular formula is C13H13N3O3. The Labute approximate surface area is 110 Å². The molecule has 1 amide bonds. The highest BCUT2D eigenvalue weighted by Gasteiger charge is 2.28. The molecule has 1 aromatic rings. The molecule has 6 heteroatoms. The van der Waals surface area contributed by atoms with Gasteiger partial charge in [0, 0.05) is 19.3 Å². The molecule has 1 fully saturated rings. The van der Waals surface area contributed by atoms with Crippen molar-refractivity contribution in [2.75, 3.05) is 13.1 Å². The van der Waals surface area contributed by atoms with Crippen LogP contribution in [0.25, 0.3) is 0 Å². The Balaban J connectivity index is 2.10. The molecule has 6 nitrogen and oxygen atoms in total. The molecular weight excluding hydrogens is 246 g/mol. The van der Waals surface area contributed by atoms with Gasteiger partial charge in [-0.15, -0.1) is 0 Å². The highest BCUT2D eigenvalue weighted by Crippen LogP contribution is 2.18. The van der Waals surface area contributed by atoms with Gasteiger partial charge in [0.15, 0.2) is 0 Å². The zero-order valence-corrected chi connectivity index (χ0v) is 10.2. The number of hydrogen-bond donors (Lipinski definition) is 1. The van der Waals surface area contributed by atoms with E-state index < -0.39 is 11.9 Å². The fourth-order valence-electron chi connectivity index (χ4n) is 2.11. The molecule has 1 aromatic heterocycles. The summed E-state index contributed by atoms with van der Waals surface area (Å²) >= 11 is 0. The minimum Gasteiger partial charge on any atom is -0.481 e. The highest BCUT2D eigenvalue weighted by atomic mass is 16.4. The van der Waals surface area contributed by atoms with Gasteiger partial charge in [0.1, 0.15) is 11.8 Å². The lowest BCUT2D eigenvalue weighted by Crippen LogP contribution is -2.42. The van der Waals surface area contributed by atoms with Gasteiger partial charge in [-0.3, -0.25) is 9.59 Å². The number of carboxylic acid groups (broad SMARTS) is 1. The number of rotatable bonds is 2. The van der Waals surface area contributed by atoms with Crippen molar-refractivity contribution in [2.24, 2.45) is 5.92 Å². The van der Waals surface area contributed by atoms with Gasteiger partial charge < -0.3 is 10.0 Å². The molecule has 0 bridgehead atoms. The maximum Gasteiger partial charge on any atom is 0.308 e. The molecule has 0 radical (unpaired) electrons. The van der Waals surface area contributed by atoms with Crippen LogP contribution in [0.4, 0.5) is 0 Å². The molecule has 0 spiro atoms. The topological polar surface area (TPSA) is 94.3 Å². The Morgan fingerprint density at radius 2 is 2.26 bits per heavy atom. The zero-order valence-electron chi connectivity index (χ0n) is 10.2. The second-order valence-corrected chi connectivity index (χ2v) is 4.47. The number of piperidine rings is 1.